The Hall–Kier alpha value is -2.31. The van der Waals surface area contributed by atoms with Gasteiger partial charge < -0.3 is 4.90 Å². The molecule has 2 heterocycles. The van der Waals surface area contributed by atoms with Gasteiger partial charge in [-0.3, -0.25) is 15.5 Å². The Bertz CT molecular complexity index is 568. The molecule has 1 amide bonds. The fourth-order valence-corrected chi connectivity index (χ4v) is 2.09. The van der Waals surface area contributed by atoms with E-state index in [4.69, 9.17) is 10.9 Å². The lowest BCUT2D eigenvalue weighted by atomic mass is 10.2. The van der Waals surface area contributed by atoms with Crippen LogP contribution in [0.4, 0.5) is 5.69 Å². The van der Waals surface area contributed by atoms with Crippen LogP contribution in [-0.4, -0.2) is 23.8 Å². The Morgan fingerprint density at radius 3 is 3.00 bits per heavy atom. The van der Waals surface area contributed by atoms with Crippen molar-refractivity contribution < 1.29 is 4.79 Å². The molecule has 1 fully saturated rings. The van der Waals surface area contributed by atoms with Gasteiger partial charge in [0, 0.05) is 17.3 Å². The number of amides is 1. The van der Waals surface area contributed by atoms with Crippen molar-refractivity contribution in [1.29, 1.82) is 5.41 Å². The number of nitrogens with one attached hydrogen (secondary N) is 2. The van der Waals surface area contributed by atoms with Gasteiger partial charge in [0.05, 0.1) is 5.69 Å². The van der Waals surface area contributed by atoms with E-state index in [1.807, 2.05) is 0 Å². The Morgan fingerprint density at radius 2 is 2.41 bits per heavy atom. The smallest absolute Gasteiger partial charge is 0.274 e. The fraction of sp³-hybridized carbons (Fsp3) is 0.111. The van der Waals surface area contributed by atoms with Gasteiger partial charge in [-0.25, -0.2) is 0 Å². The SMILES string of the molecule is CN1C(=N)NC(=O)/C1=C\c1cscc1N=[N+]=[N-]. The lowest BCUT2D eigenvalue weighted by molar-refractivity contribution is -0.115. The van der Waals surface area contributed by atoms with E-state index in [2.05, 4.69) is 15.3 Å². The number of hydrogen-bond acceptors (Lipinski definition) is 4. The monoisotopic (exact) mass is 248 g/mol. The van der Waals surface area contributed by atoms with Crippen molar-refractivity contribution in [2.75, 3.05) is 7.05 Å². The van der Waals surface area contributed by atoms with E-state index in [0.717, 1.165) is 0 Å². The average molecular weight is 248 g/mol. The van der Waals surface area contributed by atoms with Crippen molar-refractivity contribution in [3.05, 3.63) is 32.5 Å². The largest absolute Gasteiger partial charge is 0.311 e. The Kier molecular flexibility index (Phi) is 2.82. The third-order valence-electron chi connectivity index (χ3n) is 2.28. The Morgan fingerprint density at radius 1 is 1.65 bits per heavy atom. The molecule has 7 nitrogen and oxygen atoms in total. The zero-order valence-electron chi connectivity index (χ0n) is 8.84. The van der Waals surface area contributed by atoms with Gasteiger partial charge in [-0.05, 0) is 22.6 Å². The third kappa shape index (κ3) is 1.99. The second kappa shape index (κ2) is 4.28. The number of guanidine groups is 1. The number of carbonyl (C=O) groups excluding carboxylic acids is 1. The van der Waals surface area contributed by atoms with Gasteiger partial charge in [0.25, 0.3) is 5.91 Å². The normalized spacial score (nSPS) is 17.2. The number of azide groups is 1. The Labute approximate surface area is 100 Å². The minimum atomic E-state index is -0.337. The third-order valence-corrected chi connectivity index (χ3v) is 3.03. The van der Waals surface area contributed by atoms with E-state index in [1.54, 1.807) is 23.9 Å². The summed E-state index contributed by atoms with van der Waals surface area (Å²) in [6, 6.07) is 0. The molecule has 1 aliphatic rings. The molecule has 8 heteroatoms. The Balaban J connectivity index is 2.42. The van der Waals surface area contributed by atoms with E-state index in [0.29, 0.717) is 16.9 Å². The summed E-state index contributed by atoms with van der Waals surface area (Å²) in [7, 11) is 1.62. The number of likely N-dealkylation sites (N-methyl/N-ethyl adjacent to an activating group) is 1. The molecule has 0 aromatic carbocycles. The molecule has 0 saturated carbocycles. The van der Waals surface area contributed by atoms with E-state index in [1.165, 1.54) is 16.2 Å². The van der Waals surface area contributed by atoms with E-state index in [-0.39, 0.29) is 11.9 Å². The maximum atomic E-state index is 11.5. The van der Waals surface area contributed by atoms with Crippen LogP contribution in [0.1, 0.15) is 5.56 Å². The van der Waals surface area contributed by atoms with Crippen molar-refractivity contribution >= 4 is 35.0 Å². The van der Waals surface area contributed by atoms with E-state index < -0.39 is 0 Å². The summed E-state index contributed by atoms with van der Waals surface area (Å²) in [5.74, 6) is -0.308. The highest BCUT2D eigenvalue weighted by atomic mass is 32.1. The van der Waals surface area contributed by atoms with Crippen molar-refractivity contribution in [2.45, 2.75) is 0 Å². The molecule has 0 unspecified atom stereocenters. The van der Waals surface area contributed by atoms with Crippen molar-refractivity contribution in [2.24, 2.45) is 5.11 Å². The molecule has 1 aromatic rings. The first-order valence-electron chi connectivity index (χ1n) is 4.60. The first kappa shape index (κ1) is 11.2. The zero-order chi connectivity index (χ0) is 12.4. The maximum absolute atomic E-state index is 11.5. The van der Waals surface area contributed by atoms with Gasteiger partial charge in [0.15, 0.2) is 0 Å². The molecular formula is C9H8N6OS. The molecule has 0 aliphatic carbocycles. The number of nitrogens with zero attached hydrogens (tertiary/aromatic N) is 4. The topological polar surface area (TPSA) is 105 Å². The van der Waals surface area contributed by atoms with Crippen LogP contribution in [0.3, 0.4) is 0 Å². The molecule has 0 spiro atoms. The second-order valence-corrected chi connectivity index (χ2v) is 4.04. The van der Waals surface area contributed by atoms with Gasteiger partial charge >= 0.3 is 0 Å². The molecule has 0 atom stereocenters. The highest BCUT2D eigenvalue weighted by Gasteiger charge is 2.27. The highest BCUT2D eigenvalue weighted by Crippen LogP contribution is 2.27. The summed E-state index contributed by atoms with van der Waals surface area (Å²) in [5.41, 5.74) is 9.88. The van der Waals surface area contributed by atoms with Crippen LogP contribution in [0.15, 0.2) is 21.6 Å². The van der Waals surface area contributed by atoms with Crippen LogP contribution in [0, 0.1) is 5.41 Å². The molecular weight excluding hydrogens is 240 g/mol. The molecule has 86 valence electrons. The molecule has 2 N–H and O–H groups in total. The first-order valence-corrected chi connectivity index (χ1v) is 5.54. The van der Waals surface area contributed by atoms with E-state index >= 15 is 0 Å². The number of carbonyl (C=O) groups is 1. The summed E-state index contributed by atoms with van der Waals surface area (Å²) in [6.07, 6.45) is 1.59. The lowest BCUT2D eigenvalue weighted by Crippen LogP contribution is -2.25. The summed E-state index contributed by atoms with van der Waals surface area (Å²) in [5, 5.41) is 16.8. The maximum Gasteiger partial charge on any atom is 0.274 e. The van der Waals surface area contributed by atoms with Crippen molar-refractivity contribution in [1.82, 2.24) is 10.2 Å². The zero-order valence-corrected chi connectivity index (χ0v) is 9.65. The molecule has 2 rings (SSSR count). The summed E-state index contributed by atoms with van der Waals surface area (Å²) in [4.78, 5) is 15.7. The lowest BCUT2D eigenvalue weighted by Gasteiger charge is -2.08. The molecule has 1 aromatic heterocycles. The van der Waals surface area contributed by atoms with Gasteiger partial charge in [-0.15, -0.1) is 0 Å². The summed E-state index contributed by atoms with van der Waals surface area (Å²) >= 11 is 1.38. The van der Waals surface area contributed by atoms with Gasteiger partial charge in [0.1, 0.15) is 5.70 Å². The van der Waals surface area contributed by atoms with Gasteiger partial charge in [-0.1, -0.05) is 5.11 Å². The van der Waals surface area contributed by atoms with Crippen molar-refractivity contribution in [3.63, 3.8) is 0 Å². The van der Waals surface area contributed by atoms with Gasteiger partial charge in [-0.2, -0.15) is 11.3 Å². The van der Waals surface area contributed by atoms with Crippen LogP contribution in [-0.2, 0) is 4.79 Å². The quantitative estimate of drug-likeness (QED) is 0.361. The number of hydrogen-bond donors (Lipinski definition) is 2. The molecule has 0 radical (unpaired) electrons. The predicted octanol–water partition coefficient (Wildman–Crippen LogP) is 2.03. The van der Waals surface area contributed by atoms with E-state index in [9.17, 15) is 4.79 Å². The number of rotatable bonds is 2. The highest BCUT2D eigenvalue weighted by molar-refractivity contribution is 7.08. The standard InChI is InChI=1S/C9H8N6OS/c1-15-7(8(16)12-9(15)10)2-5-3-17-4-6(5)13-14-11/h2-4H,1H3,(H2,10,12,16)/b7-2+. The van der Waals surface area contributed by atoms with Crippen LogP contribution < -0.4 is 5.32 Å². The fourth-order valence-electron chi connectivity index (χ4n) is 1.38. The second-order valence-electron chi connectivity index (χ2n) is 3.29. The van der Waals surface area contributed by atoms with Crippen molar-refractivity contribution in [3.8, 4) is 0 Å². The molecule has 17 heavy (non-hydrogen) atoms. The minimum Gasteiger partial charge on any atom is -0.311 e. The summed E-state index contributed by atoms with van der Waals surface area (Å²) < 4.78 is 0. The molecule has 1 aliphatic heterocycles. The van der Waals surface area contributed by atoms with Gasteiger partial charge in [0.2, 0.25) is 5.96 Å². The van der Waals surface area contributed by atoms with Crippen LogP contribution >= 0.6 is 11.3 Å². The minimum absolute atomic E-state index is 0.0295. The van der Waals surface area contributed by atoms with Crippen LogP contribution in [0.25, 0.3) is 16.5 Å². The molecule has 1 saturated heterocycles. The summed E-state index contributed by atoms with van der Waals surface area (Å²) in [6.45, 7) is 0. The van der Waals surface area contributed by atoms with Crippen LogP contribution in [0.5, 0.6) is 0 Å². The van der Waals surface area contributed by atoms with Crippen LogP contribution in [0.2, 0.25) is 0 Å². The predicted molar refractivity (Wildman–Crippen MR) is 64.7 cm³/mol. The number of thiophene rings is 1. The average Bonchev–Trinajstić information content (AvgIpc) is 2.81. The first-order chi connectivity index (χ1) is 8.13. The molecule has 0 bridgehead atoms.